The normalized spacial score (nSPS) is 15.3. The van der Waals surface area contributed by atoms with Gasteiger partial charge in [0.2, 0.25) is 5.91 Å². The summed E-state index contributed by atoms with van der Waals surface area (Å²) in [5.74, 6) is 1.32. The molecule has 3 heterocycles. The summed E-state index contributed by atoms with van der Waals surface area (Å²) in [5.41, 5.74) is 2.10. The van der Waals surface area contributed by atoms with Gasteiger partial charge in [-0.3, -0.25) is 4.79 Å². The first-order chi connectivity index (χ1) is 12.8. The predicted octanol–water partition coefficient (Wildman–Crippen LogP) is 2.30. The Morgan fingerprint density at radius 1 is 1.08 bits per heavy atom. The number of carbonyl (C=O) groups excluding carboxylic acids is 1. The van der Waals surface area contributed by atoms with Crippen LogP contribution in [0.4, 0.5) is 5.82 Å². The Balaban J connectivity index is 1.29. The van der Waals surface area contributed by atoms with Gasteiger partial charge in [0, 0.05) is 37.8 Å². The second-order valence-corrected chi connectivity index (χ2v) is 6.69. The van der Waals surface area contributed by atoms with Crippen LogP contribution in [0.3, 0.4) is 0 Å². The first kappa shape index (κ1) is 16.6. The van der Waals surface area contributed by atoms with Crippen molar-refractivity contribution in [3.8, 4) is 0 Å². The van der Waals surface area contributed by atoms with Crippen LogP contribution in [0, 0.1) is 5.92 Å². The van der Waals surface area contributed by atoms with Gasteiger partial charge in [0.15, 0.2) is 5.65 Å². The van der Waals surface area contributed by atoms with Gasteiger partial charge in [-0.25, -0.2) is 4.98 Å². The second-order valence-electron chi connectivity index (χ2n) is 6.69. The van der Waals surface area contributed by atoms with Crippen LogP contribution in [0.2, 0.25) is 0 Å². The minimum atomic E-state index is 0.0944. The molecule has 1 fully saturated rings. The number of amides is 1. The summed E-state index contributed by atoms with van der Waals surface area (Å²) in [4.78, 5) is 19.0. The number of hydrogen-bond acceptors (Lipinski definition) is 4. The van der Waals surface area contributed by atoms with E-state index in [1.165, 1.54) is 5.56 Å². The maximum Gasteiger partial charge on any atom is 0.223 e. The number of carbonyl (C=O) groups is 1. The zero-order valence-electron chi connectivity index (χ0n) is 14.7. The van der Waals surface area contributed by atoms with Crippen molar-refractivity contribution in [1.29, 1.82) is 0 Å². The number of benzene rings is 1. The highest BCUT2D eigenvalue weighted by molar-refractivity contribution is 5.79. The van der Waals surface area contributed by atoms with Gasteiger partial charge in [-0.1, -0.05) is 30.3 Å². The summed E-state index contributed by atoms with van der Waals surface area (Å²) in [6.45, 7) is 2.41. The minimum absolute atomic E-state index is 0.0944. The van der Waals surface area contributed by atoms with Crippen molar-refractivity contribution in [3.05, 3.63) is 60.4 Å². The van der Waals surface area contributed by atoms with Crippen molar-refractivity contribution in [2.75, 3.05) is 24.5 Å². The largest absolute Gasteiger partial charge is 0.356 e. The number of anilines is 1. The van der Waals surface area contributed by atoms with E-state index in [9.17, 15) is 4.79 Å². The molecule has 1 aliphatic rings. The van der Waals surface area contributed by atoms with Crippen LogP contribution < -0.4 is 10.2 Å². The maximum atomic E-state index is 12.4. The quantitative estimate of drug-likeness (QED) is 0.768. The van der Waals surface area contributed by atoms with Gasteiger partial charge < -0.3 is 10.2 Å². The molecule has 0 spiro atoms. The van der Waals surface area contributed by atoms with Crippen LogP contribution >= 0.6 is 0 Å². The van der Waals surface area contributed by atoms with E-state index < -0.39 is 0 Å². The standard InChI is InChI=1S/C20H23N5O/c26-20(22-11-6-16-4-2-1-3-5-16)17-9-14-24(15-10-17)19-8-12-21-18-7-13-23-25(18)19/h1-5,7-8,12-13,17H,6,9-11,14-15H2,(H,22,26). The summed E-state index contributed by atoms with van der Waals surface area (Å²) < 4.78 is 1.86. The molecule has 0 saturated carbocycles. The number of nitrogens with one attached hydrogen (secondary N) is 1. The topological polar surface area (TPSA) is 62.5 Å². The monoisotopic (exact) mass is 349 g/mol. The fourth-order valence-corrected chi connectivity index (χ4v) is 3.55. The van der Waals surface area contributed by atoms with Crippen molar-refractivity contribution in [1.82, 2.24) is 19.9 Å². The average molecular weight is 349 g/mol. The van der Waals surface area contributed by atoms with E-state index in [2.05, 4.69) is 32.4 Å². The number of piperidine rings is 1. The number of nitrogens with zero attached hydrogens (tertiary/aromatic N) is 4. The number of rotatable bonds is 5. The van der Waals surface area contributed by atoms with Gasteiger partial charge >= 0.3 is 0 Å². The van der Waals surface area contributed by atoms with Crippen LogP contribution in [0.5, 0.6) is 0 Å². The van der Waals surface area contributed by atoms with Crippen molar-refractivity contribution in [3.63, 3.8) is 0 Å². The molecule has 0 radical (unpaired) electrons. The molecular weight excluding hydrogens is 326 g/mol. The molecule has 26 heavy (non-hydrogen) atoms. The lowest BCUT2D eigenvalue weighted by Crippen LogP contribution is -2.41. The smallest absolute Gasteiger partial charge is 0.223 e. The van der Waals surface area contributed by atoms with E-state index in [1.807, 2.05) is 41.0 Å². The maximum absolute atomic E-state index is 12.4. The molecule has 6 heteroatoms. The molecule has 0 aliphatic carbocycles. The summed E-state index contributed by atoms with van der Waals surface area (Å²) in [7, 11) is 0. The number of aromatic nitrogens is 3. The van der Waals surface area contributed by atoms with Crippen LogP contribution in [0.1, 0.15) is 18.4 Å². The van der Waals surface area contributed by atoms with E-state index in [4.69, 9.17) is 0 Å². The van der Waals surface area contributed by atoms with Crippen LogP contribution in [0.15, 0.2) is 54.9 Å². The van der Waals surface area contributed by atoms with Gasteiger partial charge in [0.1, 0.15) is 5.82 Å². The van der Waals surface area contributed by atoms with Gasteiger partial charge in [0.05, 0.1) is 6.20 Å². The summed E-state index contributed by atoms with van der Waals surface area (Å²) >= 11 is 0. The van der Waals surface area contributed by atoms with Gasteiger partial charge in [-0.15, -0.1) is 0 Å². The van der Waals surface area contributed by atoms with E-state index in [0.29, 0.717) is 6.54 Å². The zero-order valence-corrected chi connectivity index (χ0v) is 14.7. The van der Waals surface area contributed by atoms with Crippen molar-refractivity contribution < 1.29 is 4.79 Å². The Kier molecular flexibility index (Phi) is 4.82. The molecule has 1 saturated heterocycles. The Morgan fingerprint density at radius 3 is 2.69 bits per heavy atom. The van der Waals surface area contributed by atoms with Crippen LogP contribution in [-0.4, -0.2) is 40.1 Å². The molecule has 0 atom stereocenters. The first-order valence-corrected chi connectivity index (χ1v) is 9.16. The SMILES string of the molecule is O=C(NCCc1ccccc1)C1CCN(c2ccnc3ccnn23)CC1. The highest BCUT2D eigenvalue weighted by Crippen LogP contribution is 2.23. The molecule has 4 rings (SSSR count). The van der Waals surface area contributed by atoms with E-state index in [-0.39, 0.29) is 11.8 Å². The van der Waals surface area contributed by atoms with Crippen LogP contribution in [-0.2, 0) is 11.2 Å². The summed E-state index contributed by atoms with van der Waals surface area (Å²) in [5, 5.41) is 7.45. The fourth-order valence-electron chi connectivity index (χ4n) is 3.55. The Labute approximate surface area is 152 Å². The molecule has 1 aliphatic heterocycles. The Hall–Kier alpha value is -2.89. The third kappa shape index (κ3) is 3.54. The zero-order chi connectivity index (χ0) is 17.8. The molecule has 0 bridgehead atoms. The first-order valence-electron chi connectivity index (χ1n) is 9.16. The molecule has 1 aromatic carbocycles. The minimum Gasteiger partial charge on any atom is -0.356 e. The second kappa shape index (κ2) is 7.56. The Bertz CT molecular complexity index is 868. The average Bonchev–Trinajstić information content (AvgIpc) is 3.18. The lowest BCUT2D eigenvalue weighted by Gasteiger charge is -2.32. The van der Waals surface area contributed by atoms with Crippen LogP contribution in [0.25, 0.3) is 5.65 Å². The number of hydrogen-bond donors (Lipinski definition) is 1. The van der Waals surface area contributed by atoms with Gasteiger partial charge in [0.25, 0.3) is 0 Å². The van der Waals surface area contributed by atoms with Crippen molar-refractivity contribution in [2.45, 2.75) is 19.3 Å². The Morgan fingerprint density at radius 2 is 1.88 bits per heavy atom. The number of fused-ring (bicyclic) bond motifs is 1. The van der Waals surface area contributed by atoms with E-state index in [1.54, 1.807) is 6.20 Å². The lowest BCUT2D eigenvalue weighted by atomic mass is 9.96. The van der Waals surface area contributed by atoms with E-state index >= 15 is 0 Å². The molecule has 1 amide bonds. The predicted molar refractivity (Wildman–Crippen MR) is 101 cm³/mol. The summed E-state index contributed by atoms with van der Waals surface area (Å²) in [6, 6.07) is 14.1. The molecule has 0 unspecified atom stereocenters. The molecular formula is C20H23N5O. The third-order valence-corrected chi connectivity index (χ3v) is 5.02. The van der Waals surface area contributed by atoms with Crippen molar-refractivity contribution in [2.24, 2.45) is 5.92 Å². The molecule has 1 N–H and O–H groups in total. The third-order valence-electron chi connectivity index (χ3n) is 5.02. The van der Waals surface area contributed by atoms with Gasteiger partial charge in [-0.05, 0) is 30.9 Å². The fraction of sp³-hybridized carbons (Fsp3) is 0.350. The highest BCUT2D eigenvalue weighted by atomic mass is 16.1. The molecule has 3 aromatic rings. The lowest BCUT2D eigenvalue weighted by molar-refractivity contribution is -0.125. The highest BCUT2D eigenvalue weighted by Gasteiger charge is 2.25. The summed E-state index contributed by atoms with van der Waals surface area (Å²) in [6.07, 6.45) is 6.18. The molecule has 2 aromatic heterocycles. The molecule has 134 valence electrons. The van der Waals surface area contributed by atoms with E-state index in [0.717, 1.165) is 43.8 Å². The van der Waals surface area contributed by atoms with Gasteiger partial charge in [-0.2, -0.15) is 9.61 Å². The van der Waals surface area contributed by atoms with Crippen molar-refractivity contribution >= 4 is 17.4 Å². The molecule has 6 nitrogen and oxygen atoms in total.